The van der Waals surface area contributed by atoms with Crippen LogP contribution in [0.25, 0.3) is 66.1 Å². The van der Waals surface area contributed by atoms with Gasteiger partial charge in [0.25, 0.3) is 41.9 Å². The molecule has 0 aliphatic carbocycles. The van der Waals surface area contributed by atoms with E-state index in [0.29, 0.717) is 115 Å². The molecule has 3 heterocycles. The van der Waals surface area contributed by atoms with Crippen molar-refractivity contribution in [1.29, 1.82) is 0 Å². The van der Waals surface area contributed by atoms with Crippen molar-refractivity contribution in [3.8, 4) is 67.5 Å². The predicted molar refractivity (Wildman–Crippen MR) is 500 cm³/mol. The van der Waals surface area contributed by atoms with Crippen LogP contribution in [0.2, 0.25) is 0 Å². The zero-order valence-electron chi connectivity index (χ0n) is 72.8. The Morgan fingerprint density at radius 3 is 1.04 bits per heavy atom. The molecule has 15 rings (SSSR count). The molecule has 2 amide bonds. The summed E-state index contributed by atoms with van der Waals surface area (Å²) in [7, 11) is -7.37. The zero-order valence-corrected chi connectivity index (χ0v) is 76.8. The molecular formula is C97H75BBrF9N8O20S3. The van der Waals surface area contributed by atoms with Crippen LogP contribution in [0.15, 0.2) is 293 Å². The summed E-state index contributed by atoms with van der Waals surface area (Å²) in [6.45, 7) is 0. The van der Waals surface area contributed by atoms with E-state index in [-0.39, 0.29) is 33.0 Å². The number of ether oxygens (including phenoxy) is 5. The van der Waals surface area contributed by atoms with Crippen LogP contribution in [-0.4, -0.2) is 145 Å². The monoisotopic (exact) mass is 2030 g/mol. The second-order valence-electron chi connectivity index (χ2n) is 29.6. The molecule has 0 radical (unpaired) electrons. The molecule has 0 saturated heterocycles. The molecule has 0 saturated carbocycles. The van der Waals surface area contributed by atoms with E-state index in [2.05, 4.69) is 51.0 Å². The Labute approximate surface area is 795 Å². The molecule has 2 atom stereocenters. The molecule has 15 aromatic rings. The number of methoxy groups -OCH3 is 5. The number of aromatic nitrogens is 3. The van der Waals surface area contributed by atoms with Crippen LogP contribution >= 0.6 is 15.9 Å². The molecule has 12 aromatic carbocycles. The maximum absolute atomic E-state index is 15.3. The number of rotatable bonds is 29. The predicted octanol–water partition coefficient (Wildman–Crippen LogP) is 16.7. The lowest BCUT2D eigenvalue weighted by Gasteiger charge is -2.19. The number of hydrogen-bond acceptors (Lipinski definition) is 21. The number of halogens is 10. The van der Waals surface area contributed by atoms with Gasteiger partial charge in [0.2, 0.25) is 17.8 Å². The van der Waals surface area contributed by atoms with Crippen molar-refractivity contribution in [3.05, 3.63) is 358 Å². The van der Waals surface area contributed by atoms with Crippen molar-refractivity contribution in [2.45, 2.75) is 39.6 Å². The van der Waals surface area contributed by atoms with Crippen LogP contribution in [0.1, 0.15) is 42.2 Å². The maximum Gasteiger partial charge on any atom is 0.496 e. The Morgan fingerprint density at radius 2 is 0.698 bits per heavy atom. The third-order valence-corrected chi connectivity index (χ3v) is 25.7. The lowest BCUT2D eigenvalue weighted by atomic mass is 9.78. The number of carbonyl (C=O) groups excluding carboxylic acids is 3. The lowest BCUT2D eigenvalue weighted by molar-refractivity contribution is -0.143. The van der Waals surface area contributed by atoms with Crippen LogP contribution < -0.4 is 49.2 Å². The van der Waals surface area contributed by atoms with Crippen LogP contribution in [0.3, 0.4) is 0 Å². The fourth-order valence-electron chi connectivity index (χ4n) is 14.3. The Hall–Kier alpha value is -15.8. The van der Waals surface area contributed by atoms with E-state index in [1.165, 1.54) is 144 Å². The SMILES string of the molecule is COC(=O)[C@H](Cc1ccc(Br)c2ccccc12)NC(=O)c1c(F)cc(NS(=O)(=O)c2ccc(-c3ccnc(F)c3)cc2)cc1F.COc1cccc(OC)c1-c1ccc(C[C@H](NC(=O)c2c(F)cc(NS(=O)(=O)c3ccc(-c4ccnc(F)c4)cc3)cc2F)C(=O)O)c2ccccc12.COc1cccc(OC)c1B(O)O.O=C(O)c1c(F)cc(NS(=O)(=O)c2ccc(-c3ccnc(F)c3)cc2)cc1F. The number of nitrogens with zero attached hydrogens (tertiary/aromatic N) is 3. The first kappa shape index (κ1) is 102. The van der Waals surface area contributed by atoms with Crippen molar-refractivity contribution < 1.29 is 133 Å². The minimum Gasteiger partial charge on any atom is -0.497 e. The third-order valence-electron chi connectivity index (χ3n) is 20.9. The average molecular weight is 2030 g/mol. The molecule has 0 aliphatic heterocycles. The Morgan fingerprint density at radius 1 is 0.374 bits per heavy atom. The number of pyridine rings is 3. The highest BCUT2D eigenvalue weighted by atomic mass is 79.9. The van der Waals surface area contributed by atoms with Gasteiger partial charge < -0.3 is 54.6 Å². The Bertz CT molecular complexity index is 7460. The van der Waals surface area contributed by atoms with Crippen LogP contribution in [0.5, 0.6) is 23.0 Å². The van der Waals surface area contributed by atoms with Crippen molar-refractivity contribution in [1.82, 2.24) is 25.6 Å². The van der Waals surface area contributed by atoms with E-state index < -0.39 is 165 Å². The molecule has 3 aromatic heterocycles. The minimum atomic E-state index is -4.36. The summed E-state index contributed by atoms with van der Waals surface area (Å²) in [5.74, 6) is -15.3. The van der Waals surface area contributed by atoms with Gasteiger partial charge in [-0.15, -0.1) is 0 Å². The molecular weight excluding hydrogens is 1960 g/mol. The van der Waals surface area contributed by atoms with Crippen molar-refractivity contribution >= 4 is 127 Å². The zero-order chi connectivity index (χ0) is 100. The number of aliphatic carboxylic acids is 1. The van der Waals surface area contributed by atoms with Crippen molar-refractivity contribution in [3.63, 3.8) is 0 Å². The van der Waals surface area contributed by atoms with Gasteiger partial charge in [0, 0.05) is 54.1 Å². The summed E-state index contributed by atoms with van der Waals surface area (Å²) in [5.41, 5.74) is 1.04. The van der Waals surface area contributed by atoms with Gasteiger partial charge in [-0.25, -0.2) is 80.9 Å². The highest BCUT2D eigenvalue weighted by Gasteiger charge is 2.32. The second-order valence-corrected chi connectivity index (χ2v) is 35.5. The van der Waals surface area contributed by atoms with Gasteiger partial charge in [0.1, 0.15) is 86.7 Å². The fraction of sp³-hybridized carbons (Fsp3) is 0.0928. The van der Waals surface area contributed by atoms with Crippen LogP contribution in [-0.2, 0) is 57.2 Å². The summed E-state index contributed by atoms with van der Waals surface area (Å²) >= 11 is 3.48. The Kier molecular flexibility index (Phi) is 32.9. The summed E-state index contributed by atoms with van der Waals surface area (Å²) < 4.78 is 238. The molecule has 9 N–H and O–H groups in total. The number of benzene rings is 12. The fourth-order valence-corrected chi connectivity index (χ4v) is 17.9. The first-order valence-corrected chi connectivity index (χ1v) is 45.8. The van der Waals surface area contributed by atoms with E-state index in [1.807, 2.05) is 41.1 Å². The number of carboxylic acids is 2. The number of hydrogen-bond donors (Lipinski definition) is 9. The molecule has 139 heavy (non-hydrogen) atoms. The second kappa shape index (κ2) is 44.8. The summed E-state index contributed by atoms with van der Waals surface area (Å²) in [6, 6.07) is 56.8. The van der Waals surface area contributed by atoms with E-state index in [4.69, 9.17) is 38.8 Å². The van der Waals surface area contributed by atoms with E-state index in [9.17, 15) is 76.3 Å². The average Bonchev–Trinajstić information content (AvgIpc) is 0.763. The summed E-state index contributed by atoms with van der Waals surface area (Å²) in [4.78, 5) is 71.6. The first-order chi connectivity index (χ1) is 66.2. The van der Waals surface area contributed by atoms with Gasteiger partial charge in [-0.3, -0.25) is 23.8 Å². The highest BCUT2D eigenvalue weighted by molar-refractivity contribution is 9.10. The van der Waals surface area contributed by atoms with Gasteiger partial charge >= 0.3 is 25.0 Å². The maximum atomic E-state index is 15.3. The number of esters is 1. The number of anilines is 3. The summed E-state index contributed by atoms with van der Waals surface area (Å²) in [6.07, 6.45) is 3.50. The van der Waals surface area contributed by atoms with E-state index >= 15 is 17.6 Å². The van der Waals surface area contributed by atoms with Gasteiger partial charge in [-0.2, -0.15) is 13.2 Å². The molecule has 714 valence electrons. The quantitative estimate of drug-likeness (QED) is 0.00910. The van der Waals surface area contributed by atoms with Gasteiger partial charge in [0.05, 0.1) is 78.3 Å². The molecule has 0 fully saturated rings. The number of fused-ring (bicyclic) bond motifs is 2. The number of sulfonamides is 3. The van der Waals surface area contributed by atoms with Crippen LogP contribution in [0.4, 0.5) is 56.6 Å². The number of nitrogens with one attached hydrogen (secondary N) is 5. The molecule has 0 unspecified atom stereocenters. The largest absolute Gasteiger partial charge is 0.497 e. The Balaban J connectivity index is 0.000000181. The molecule has 28 nitrogen and oxygen atoms in total. The van der Waals surface area contributed by atoms with Gasteiger partial charge in [-0.1, -0.05) is 131 Å². The highest BCUT2D eigenvalue weighted by Crippen LogP contribution is 2.43. The smallest absolute Gasteiger partial charge is 0.496 e. The number of carboxylic acid groups (broad SMARTS) is 2. The molecule has 42 heteroatoms. The van der Waals surface area contributed by atoms with Crippen molar-refractivity contribution in [2.75, 3.05) is 49.7 Å². The van der Waals surface area contributed by atoms with Crippen LogP contribution in [0, 0.1) is 52.7 Å². The molecule has 0 bridgehead atoms. The number of aromatic carboxylic acids is 1. The summed E-state index contributed by atoms with van der Waals surface area (Å²) in [5, 5.41) is 44.5. The van der Waals surface area contributed by atoms with Gasteiger partial charge in [0.15, 0.2) is 0 Å². The van der Waals surface area contributed by atoms with E-state index in [1.54, 1.807) is 84.9 Å². The van der Waals surface area contributed by atoms with Gasteiger partial charge in [-0.05, 0) is 193 Å². The molecule has 0 aliphatic rings. The minimum absolute atomic E-state index is 0.0395. The lowest BCUT2D eigenvalue weighted by Crippen LogP contribution is -2.43. The topological polar surface area (TPSA) is 414 Å². The van der Waals surface area contributed by atoms with Crippen molar-refractivity contribution in [2.24, 2.45) is 0 Å². The third kappa shape index (κ3) is 24.7. The number of amides is 2. The van der Waals surface area contributed by atoms with E-state index in [0.717, 1.165) is 33.3 Å². The normalized spacial score (nSPS) is 11.6. The molecule has 0 spiro atoms. The number of carbonyl (C=O) groups is 5. The standard InChI is InChI=1S/C39H30F3N3O7S.C32H23BrF3N3O5S.C18H11F3N2O4S.C8H11BO4/c1-51-33-8-5-9-34(52-2)36(33)29-15-12-24(27-6-3-4-7-28(27)29)18-32(39(47)48)44-38(46)37-30(40)20-25(21-31(37)41)45-53(49,50)26-13-10-22(11-14-26)23-16-17-43-35(42)19-23;1-44-32(41)28(14-20-8-11-25(33)24-5-3-2-4-23(20)24)38-31(40)30-26(34)16-21(17-27(30)35)39-45(42,43)22-9-6-18(7-10-22)19-12-13-37-29(36)15-19;19-14-8-12(9-15(20)17(14)18(24)25)23-28(26,27)13-3-1-10(2-4-13)11-5-6-22-16(21)7-11;1-12-6-4-3-5-7(13-2)8(6)9(10)11/h3-17,19-21,32,45H,18H2,1-2H3,(H,44,46)(H,47,48);2-13,15-17,28,39H,14H2,1H3,(H,38,40);1-9,23H,(H,24,25);3-5,10-11H,1-2H3/t32-;28-;;/m00../s1. The first-order valence-electron chi connectivity index (χ1n) is 40.6.